The smallest absolute Gasteiger partial charge is 0.146 e. The van der Waals surface area contributed by atoms with Crippen LogP contribution in [0.2, 0.25) is 0 Å². The first-order chi connectivity index (χ1) is 13.4. The topological polar surface area (TPSA) is 44.8 Å². The normalized spacial score (nSPS) is 52.6. The Morgan fingerprint density at radius 2 is 1.82 bits per heavy atom. The first kappa shape index (κ1) is 19.5. The van der Waals surface area contributed by atoms with E-state index >= 15 is 0 Å². The second kappa shape index (κ2) is 6.52. The summed E-state index contributed by atoms with van der Waals surface area (Å²) in [6, 6.07) is 0. The van der Waals surface area contributed by atoms with Gasteiger partial charge in [0.2, 0.25) is 0 Å². The average Bonchev–Trinajstić information content (AvgIpc) is 3.60. The number of hydrogen-bond donors (Lipinski definition) is 0. The Balaban J connectivity index is 1.59. The molecule has 0 aromatic heterocycles. The fraction of sp³-hybridized carbons (Fsp3) is 0.958. The largest absolute Gasteiger partial charge is 0.381 e. The highest BCUT2D eigenvalue weighted by atomic mass is 16.7. The van der Waals surface area contributed by atoms with E-state index in [1.165, 1.54) is 32.1 Å². The van der Waals surface area contributed by atoms with Gasteiger partial charge in [0.15, 0.2) is 0 Å². The third kappa shape index (κ3) is 2.56. The molecule has 0 saturated heterocycles. The van der Waals surface area contributed by atoms with Gasteiger partial charge in [0.05, 0.1) is 12.2 Å². The summed E-state index contributed by atoms with van der Waals surface area (Å²) in [4.78, 5) is 14.0. The van der Waals surface area contributed by atoms with Gasteiger partial charge in [0.25, 0.3) is 0 Å². The van der Waals surface area contributed by atoms with Crippen molar-refractivity contribution < 1.29 is 19.0 Å². The van der Waals surface area contributed by atoms with Crippen molar-refractivity contribution in [3.8, 4) is 0 Å². The lowest BCUT2D eigenvalue weighted by atomic mass is 9.50. The minimum atomic E-state index is -0.250. The molecule has 28 heavy (non-hydrogen) atoms. The van der Waals surface area contributed by atoms with E-state index in [-0.39, 0.29) is 34.4 Å². The van der Waals surface area contributed by atoms with Crippen molar-refractivity contribution in [1.82, 2.24) is 0 Å². The fourth-order valence-corrected chi connectivity index (χ4v) is 8.37. The Morgan fingerprint density at radius 3 is 2.50 bits per heavy atom. The minimum Gasteiger partial charge on any atom is -0.381 e. The Hall–Kier alpha value is -0.450. The molecule has 158 valence electrons. The van der Waals surface area contributed by atoms with E-state index in [1.807, 2.05) is 7.11 Å². The van der Waals surface area contributed by atoms with Gasteiger partial charge >= 0.3 is 0 Å². The molecule has 8 atom stereocenters. The molecule has 2 bridgehead atoms. The predicted molar refractivity (Wildman–Crippen MR) is 107 cm³/mol. The first-order valence-electron chi connectivity index (χ1n) is 11.6. The monoisotopic (exact) mass is 390 g/mol. The molecule has 0 aliphatic heterocycles. The molecule has 4 heteroatoms. The summed E-state index contributed by atoms with van der Waals surface area (Å²) in [6.07, 6.45) is 10.9. The molecular formula is C24H38O4. The summed E-state index contributed by atoms with van der Waals surface area (Å²) >= 11 is 0. The summed E-state index contributed by atoms with van der Waals surface area (Å²) in [5.74, 6) is 2.62. The molecule has 0 N–H and O–H groups in total. The van der Waals surface area contributed by atoms with Crippen molar-refractivity contribution in [2.45, 2.75) is 83.8 Å². The maximum Gasteiger partial charge on any atom is 0.146 e. The van der Waals surface area contributed by atoms with Crippen LogP contribution in [0.5, 0.6) is 0 Å². The molecule has 0 amide bonds. The van der Waals surface area contributed by atoms with Gasteiger partial charge in [-0.05, 0) is 68.1 Å². The number of ketones is 1. The Labute approximate surface area is 170 Å². The molecule has 0 aromatic carbocycles. The maximum atomic E-state index is 14.0. The fourth-order valence-electron chi connectivity index (χ4n) is 8.37. The molecule has 5 fully saturated rings. The second-order valence-corrected chi connectivity index (χ2v) is 11.1. The summed E-state index contributed by atoms with van der Waals surface area (Å²) in [6.45, 7) is 4.86. The standard InChI is InChI=1S/C24H38O4/c1-15-21(25)22(2,11-16-5-6-16)13-19(28-14-26-3)24-12-17(24)7-9-23(15)10-8-18(27-4)20(23)24/h15-20H,5-14H2,1-4H3/t15-,17-,18+,19+,20?,22+,23?,24-/m0/s1. The average molecular weight is 391 g/mol. The molecule has 5 saturated carbocycles. The van der Waals surface area contributed by atoms with Gasteiger partial charge < -0.3 is 14.2 Å². The van der Waals surface area contributed by atoms with Gasteiger partial charge in [-0.1, -0.05) is 26.7 Å². The van der Waals surface area contributed by atoms with E-state index in [4.69, 9.17) is 14.2 Å². The minimum absolute atomic E-state index is 0.116. The van der Waals surface area contributed by atoms with Crippen LogP contribution >= 0.6 is 0 Å². The molecule has 0 radical (unpaired) electrons. The number of methoxy groups -OCH3 is 2. The van der Waals surface area contributed by atoms with Gasteiger partial charge in [-0.2, -0.15) is 0 Å². The molecule has 1 spiro atoms. The quantitative estimate of drug-likeness (QED) is 0.622. The Kier molecular flexibility index (Phi) is 4.54. The lowest BCUT2D eigenvalue weighted by Gasteiger charge is -2.55. The number of hydrogen-bond acceptors (Lipinski definition) is 4. The van der Waals surface area contributed by atoms with Gasteiger partial charge in [-0.3, -0.25) is 4.79 Å². The van der Waals surface area contributed by atoms with Crippen molar-refractivity contribution in [2.75, 3.05) is 21.0 Å². The van der Waals surface area contributed by atoms with E-state index in [2.05, 4.69) is 13.8 Å². The third-order valence-corrected chi connectivity index (χ3v) is 9.83. The van der Waals surface area contributed by atoms with E-state index in [1.54, 1.807) is 7.11 Å². The molecule has 0 aromatic rings. The molecule has 0 heterocycles. The highest BCUT2D eigenvalue weighted by Crippen LogP contribution is 2.78. The van der Waals surface area contributed by atoms with E-state index in [9.17, 15) is 4.79 Å². The van der Waals surface area contributed by atoms with Crippen LogP contribution in [0.3, 0.4) is 0 Å². The summed E-state index contributed by atoms with van der Waals surface area (Å²) in [7, 11) is 3.58. The molecule has 5 aliphatic carbocycles. The number of rotatable bonds is 6. The van der Waals surface area contributed by atoms with Crippen LogP contribution in [0.15, 0.2) is 0 Å². The van der Waals surface area contributed by atoms with Crippen molar-refractivity contribution >= 4 is 5.78 Å². The van der Waals surface area contributed by atoms with E-state index in [0.717, 1.165) is 37.5 Å². The van der Waals surface area contributed by atoms with Crippen molar-refractivity contribution in [3.05, 3.63) is 0 Å². The second-order valence-electron chi connectivity index (χ2n) is 11.1. The van der Waals surface area contributed by atoms with Crippen molar-refractivity contribution in [1.29, 1.82) is 0 Å². The van der Waals surface area contributed by atoms with Crippen molar-refractivity contribution in [3.63, 3.8) is 0 Å². The zero-order valence-corrected chi connectivity index (χ0v) is 18.2. The molecule has 4 nitrogen and oxygen atoms in total. The molecular weight excluding hydrogens is 352 g/mol. The lowest BCUT2D eigenvalue weighted by Crippen LogP contribution is -2.57. The SMILES string of the molecule is COCO[C@@H]1C[C@@](C)(CC2CC2)C(=O)[C@H](C)C23CC[C@H]4C[C@]41C2[C@H](OC)CC3. The predicted octanol–water partition coefficient (Wildman–Crippen LogP) is 4.60. The molecule has 2 unspecified atom stereocenters. The number of carbonyl (C=O) groups excluding carboxylic acids is 1. The van der Waals surface area contributed by atoms with Crippen LogP contribution in [-0.2, 0) is 19.0 Å². The van der Waals surface area contributed by atoms with Gasteiger partial charge in [0.1, 0.15) is 12.6 Å². The van der Waals surface area contributed by atoms with Crippen LogP contribution in [0, 0.1) is 39.9 Å². The maximum absolute atomic E-state index is 14.0. The Morgan fingerprint density at radius 1 is 1.07 bits per heavy atom. The highest BCUT2D eigenvalue weighted by molar-refractivity contribution is 5.87. The summed E-state index contributed by atoms with van der Waals surface area (Å²) in [5, 5.41) is 0. The van der Waals surface area contributed by atoms with Crippen LogP contribution in [0.1, 0.15) is 71.6 Å². The lowest BCUT2D eigenvalue weighted by molar-refractivity contribution is -0.183. The summed E-state index contributed by atoms with van der Waals surface area (Å²) in [5.41, 5.74) is 0.0675. The van der Waals surface area contributed by atoms with Gasteiger partial charge in [0, 0.05) is 31.0 Å². The first-order valence-corrected chi connectivity index (χ1v) is 11.6. The van der Waals surface area contributed by atoms with E-state index in [0.29, 0.717) is 18.5 Å². The highest BCUT2D eigenvalue weighted by Gasteiger charge is 2.76. The van der Waals surface area contributed by atoms with Gasteiger partial charge in [-0.15, -0.1) is 0 Å². The van der Waals surface area contributed by atoms with Crippen molar-refractivity contribution in [2.24, 2.45) is 39.9 Å². The van der Waals surface area contributed by atoms with Gasteiger partial charge in [-0.25, -0.2) is 0 Å². The van der Waals surface area contributed by atoms with Crippen LogP contribution in [-0.4, -0.2) is 39.0 Å². The number of Topliss-reactive ketones (excluding diaryl/α,β-unsaturated/α-hetero) is 1. The van der Waals surface area contributed by atoms with Crippen LogP contribution < -0.4 is 0 Å². The third-order valence-electron chi connectivity index (χ3n) is 9.83. The zero-order valence-electron chi connectivity index (χ0n) is 18.2. The van der Waals surface area contributed by atoms with Crippen LogP contribution in [0.4, 0.5) is 0 Å². The number of carbonyl (C=O) groups is 1. The van der Waals surface area contributed by atoms with Crippen LogP contribution in [0.25, 0.3) is 0 Å². The molecule has 5 aliphatic rings. The Bertz CT molecular complexity index is 645. The summed E-state index contributed by atoms with van der Waals surface area (Å²) < 4.78 is 17.9. The number of ether oxygens (including phenoxy) is 3. The van der Waals surface area contributed by atoms with E-state index < -0.39 is 0 Å². The zero-order chi connectivity index (χ0) is 19.7. The molecule has 5 rings (SSSR count).